The van der Waals surface area contributed by atoms with E-state index < -0.39 is 5.91 Å². The molecule has 0 aromatic carbocycles. The molecule has 0 bridgehead atoms. The van der Waals surface area contributed by atoms with E-state index in [-0.39, 0.29) is 0 Å². The Kier molecular flexibility index (Phi) is 2.43. The van der Waals surface area contributed by atoms with Gasteiger partial charge in [-0.3, -0.25) is 4.79 Å². The van der Waals surface area contributed by atoms with Crippen LogP contribution in [0.4, 0.5) is 5.13 Å². The van der Waals surface area contributed by atoms with Crippen LogP contribution in [0.25, 0.3) is 0 Å². The maximum Gasteiger partial charge on any atom is 0.260 e. The molecule has 0 radical (unpaired) electrons. The second-order valence-electron chi connectivity index (χ2n) is 1.92. The molecule has 0 unspecified atom stereocenters. The van der Waals surface area contributed by atoms with Crippen LogP contribution >= 0.6 is 11.3 Å². The van der Waals surface area contributed by atoms with Crippen molar-refractivity contribution in [2.24, 2.45) is 5.73 Å². The normalized spacial score (nSPS) is 9.55. The van der Waals surface area contributed by atoms with Crippen molar-refractivity contribution in [1.82, 2.24) is 4.98 Å². The highest BCUT2D eigenvalue weighted by molar-refractivity contribution is 7.17. The molecule has 0 aliphatic carbocycles. The number of nitrogens with two attached hydrogens (primary N) is 1. The van der Waals surface area contributed by atoms with Gasteiger partial charge in [-0.2, -0.15) is 0 Å². The first-order valence-corrected chi connectivity index (χ1v) is 4.05. The monoisotopic (exact) mass is 171 g/mol. The summed E-state index contributed by atoms with van der Waals surface area (Å²) in [5.41, 5.74) is 5.03. The molecule has 0 fully saturated rings. The zero-order valence-electron chi connectivity index (χ0n) is 6.13. The van der Waals surface area contributed by atoms with Crippen molar-refractivity contribution in [3.05, 3.63) is 11.1 Å². The lowest BCUT2D eigenvalue weighted by atomic mass is 10.5. The van der Waals surface area contributed by atoms with Gasteiger partial charge in [-0.25, -0.2) is 4.98 Å². The van der Waals surface area contributed by atoms with Gasteiger partial charge in [0.2, 0.25) is 0 Å². The largest absolute Gasteiger partial charge is 0.365 e. The number of carbonyl (C=O) groups is 1. The van der Waals surface area contributed by atoms with Crippen LogP contribution in [0.15, 0.2) is 6.20 Å². The van der Waals surface area contributed by atoms with Crippen LogP contribution in [0.3, 0.4) is 0 Å². The lowest BCUT2D eigenvalue weighted by Crippen LogP contribution is -2.08. The zero-order valence-corrected chi connectivity index (χ0v) is 6.94. The molecule has 0 spiro atoms. The predicted octanol–water partition coefficient (Wildman–Crippen LogP) is 0.674. The summed E-state index contributed by atoms with van der Waals surface area (Å²) < 4.78 is 0. The Balaban J connectivity index is 2.73. The summed E-state index contributed by atoms with van der Waals surface area (Å²) >= 11 is 1.27. The number of anilines is 1. The fraction of sp³-hybridized carbons (Fsp3) is 0.333. The van der Waals surface area contributed by atoms with Gasteiger partial charge >= 0.3 is 0 Å². The first-order valence-electron chi connectivity index (χ1n) is 3.23. The molecule has 0 saturated carbocycles. The fourth-order valence-electron chi connectivity index (χ4n) is 0.621. The highest BCUT2D eigenvalue weighted by Crippen LogP contribution is 2.16. The molecule has 0 saturated heterocycles. The van der Waals surface area contributed by atoms with Gasteiger partial charge < -0.3 is 11.1 Å². The van der Waals surface area contributed by atoms with E-state index in [4.69, 9.17) is 5.73 Å². The Labute approximate surface area is 68.4 Å². The second-order valence-corrected chi connectivity index (χ2v) is 2.95. The standard InChI is InChI=1S/C6H9N3OS/c1-2-8-6-9-3-4(11-6)5(7)10/h3H,2H2,1H3,(H2,7,10)(H,8,9). The van der Waals surface area contributed by atoms with Crippen molar-refractivity contribution in [2.45, 2.75) is 6.92 Å². The van der Waals surface area contributed by atoms with Crippen molar-refractivity contribution < 1.29 is 4.79 Å². The SMILES string of the molecule is CCNc1ncc(C(N)=O)s1. The average Bonchev–Trinajstić information content (AvgIpc) is 2.37. The Bertz CT molecular complexity index is 258. The van der Waals surface area contributed by atoms with Crippen LogP contribution in [0.1, 0.15) is 16.6 Å². The Hall–Kier alpha value is -1.10. The van der Waals surface area contributed by atoms with E-state index in [0.29, 0.717) is 4.88 Å². The van der Waals surface area contributed by atoms with Gasteiger partial charge in [0.15, 0.2) is 5.13 Å². The van der Waals surface area contributed by atoms with Crippen molar-refractivity contribution in [1.29, 1.82) is 0 Å². The summed E-state index contributed by atoms with van der Waals surface area (Å²) in [4.78, 5) is 15.0. The molecule has 1 aromatic rings. The maximum atomic E-state index is 10.6. The molecule has 3 N–H and O–H groups in total. The van der Waals surface area contributed by atoms with Crippen LogP contribution in [-0.2, 0) is 0 Å². The zero-order chi connectivity index (χ0) is 8.27. The van der Waals surface area contributed by atoms with E-state index in [0.717, 1.165) is 11.7 Å². The Morgan fingerprint density at radius 2 is 2.64 bits per heavy atom. The van der Waals surface area contributed by atoms with Crippen molar-refractivity contribution in [3.8, 4) is 0 Å². The number of amides is 1. The molecule has 5 heteroatoms. The van der Waals surface area contributed by atoms with Gasteiger partial charge in [0.1, 0.15) is 4.88 Å². The number of hydrogen-bond donors (Lipinski definition) is 2. The van der Waals surface area contributed by atoms with Crippen LogP contribution in [0.2, 0.25) is 0 Å². The van der Waals surface area contributed by atoms with Crippen LogP contribution in [0.5, 0.6) is 0 Å². The number of carbonyl (C=O) groups excluding carboxylic acids is 1. The minimum absolute atomic E-state index is 0.424. The van der Waals surface area contributed by atoms with Gasteiger partial charge in [-0.15, -0.1) is 0 Å². The molecule has 1 rings (SSSR count). The second kappa shape index (κ2) is 3.34. The number of nitrogens with zero attached hydrogens (tertiary/aromatic N) is 1. The van der Waals surface area contributed by atoms with Crippen molar-refractivity contribution in [3.63, 3.8) is 0 Å². The third-order valence-electron chi connectivity index (χ3n) is 1.08. The van der Waals surface area contributed by atoms with Crippen molar-refractivity contribution in [2.75, 3.05) is 11.9 Å². The van der Waals surface area contributed by atoms with Gasteiger partial charge in [-0.1, -0.05) is 11.3 Å². The van der Waals surface area contributed by atoms with Gasteiger partial charge in [0.25, 0.3) is 5.91 Å². The first-order chi connectivity index (χ1) is 5.24. The maximum absolute atomic E-state index is 10.6. The van der Waals surface area contributed by atoms with Crippen LogP contribution in [-0.4, -0.2) is 17.4 Å². The van der Waals surface area contributed by atoms with Crippen molar-refractivity contribution >= 4 is 22.4 Å². The minimum Gasteiger partial charge on any atom is -0.365 e. The topological polar surface area (TPSA) is 68.0 Å². The van der Waals surface area contributed by atoms with Gasteiger partial charge in [0, 0.05) is 6.54 Å². The summed E-state index contributed by atoms with van der Waals surface area (Å²) in [6.07, 6.45) is 1.48. The Morgan fingerprint density at radius 1 is 1.91 bits per heavy atom. The molecule has 1 amide bonds. The van der Waals surface area contributed by atoms with Gasteiger partial charge in [-0.05, 0) is 6.92 Å². The fourth-order valence-corrected chi connectivity index (χ4v) is 1.36. The molecule has 0 aliphatic heterocycles. The summed E-state index contributed by atoms with van der Waals surface area (Å²) in [6, 6.07) is 0. The molecular weight excluding hydrogens is 162 g/mol. The first kappa shape index (κ1) is 8.00. The lowest BCUT2D eigenvalue weighted by Gasteiger charge is -1.92. The molecule has 0 atom stereocenters. The molecule has 1 aromatic heterocycles. The summed E-state index contributed by atoms with van der Waals surface area (Å²) in [7, 11) is 0. The summed E-state index contributed by atoms with van der Waals surface area (Å²) in [5, 5.41) is 3.72. The molecule has 60 valence electrons. The number of nitrogens with one attached hydrogen (secondary N) is 1. The average molecular weight is 171 g/mol. The smallest absolute Gasteiger partial charge is 0.260 e. The van der Waals surface area contributed by atoms with Crippen LogP contribution < -0.4 is 11.1 Å². The number of primary amides is 1. The van der Waals surface area contributed by atoms with E-state index in [1.54, 1.807) is 0 Å². The molecule has 1 heterocycles. The summed E-state index contributed by atoms with van der Waals surface area (Å²) in [6.45, 7) is 2.76. The van der Waals surface area contributed by atoms with E-state index in [9.17, 15) is 4.79 Å². The van der Waals surface area contributed by atoms with Gasteiger partial charge in [0.05, 0.1) is 6.20 Å². The van der Waals surface area contributed by atoms with E-state index in [2.05, 4.69) is 10.3 Å². The molecule has 4 nitrogen and oxygen atoms in total. The predicted molar refractivity (Wildman–Crippen MR) is 44.8 cm³/mol. The third-order valence-corrected chi connectivity index (χ3v) is 2.05. The van der Waals surface area contributed by atoms with Crippen LogP contribution in [0, 0.1) is 0 Å². The molecule has 0 aliphatic rings. The quantitative estimate of drug-likeness (QED) is 0.702. The minimum atomic E-state index is -0.424. The summed E-state index contributed by atoms with van der Waals surface area (Å²) in [5.74, 6) is -0.424. The van der Waals surface area contributed by atoms with E-state index >= 15 is 0 Å². The molecule has 11 heavy (non-hydrogen) atoms. The highest BCUT2D eigenvalue weighted by Gasteiger charge is 2.04. The lowest BCUT2D eigenvalue weighted by molar-refractivity contribution is 0.100. The third kappa shape index (κ3) is 1.91. The highest BCUT2D eigenvalue weighted by atomic mass is 32.1. The number of aromatic nitrogens is 1. The van der Waals surface area contributed by atoms with E-state index in [1.165, 1.54) is 17.5 Å². The number of rotatable bonds is 3. The van der Waals surface area contributed by atoms with E-state index in [1.807, 2.05) is 6.92 Å². The Morgan fingerprint density at radius 3 is 3.09 bits per heavy atom. The molecular formula is C6H9N3OS. The number of hydrogen-bond acceptors (Lipinski definition) is 4. The number of thiazole rings is 1.